The summed E-state index contributed by atoms with van der Waals surface area (Å²) < 4.78 is 0. The third-order valence-electron chi connectivity index (χ3n) is 2.19. The third-order valence-corrected chi connectivity index (χ3v) is 2.19. The molecule has 0 saturated carbocycles. The summed E-state index contributed by atoms with van der Waals surface area (Å²) in [6.07, 6.45) is 4.50. The maximum Gasteiger partial charge on any atom is 0.210 e. The standard InChI is InChI=1S/C12H15NO2/c1-2-6-12(10-13(14)15)9-11-7-4-3-5-8-11/h2-8,12H,9-10H2,1H3/b6-2+. The van der Waals surface area contributed by atoms with Crippen molar-refractivity contribution < 1.29 is 4.92 Å². The van der Waals surface area contributed by atoms with E-state index in [1.54, 1.807) is 0 Å². The Morgan fingerprint density at radius 2 is 2.07 bits per heavy atom. The lowest BCUT2D eigenvalue weighted by molar-refractivity contribution is -0.485. The van der Waals surface area contributed by atoms with Gasteiger partial charge in [0.15, 0.2) is 0 Å². The van der Waals surface area contributed by atoms with Gasteiger partial charge in [-0.3, -0.25) is 10.1 Å². The molecule has 0 heterocycles. The van der Waals surface area contributed by atoms with Gasteiger partial charge in [0.05, 0.1) is 0 Å². The number of rotatable bonds is 5. The van der Waals surface area contributed by atoms with Crippen LogP contribution in [-0.4, -0.2) is 11.5 Å². The van der Waals surface area contributed by atoms with E-state index in [4.69, 9.17) is 0 Å². The smallest absolute Gasteiger partial charge is 0.210 e. The summed E-state index contributed by atoms with van der Waals surface area (Å²) in [5.74, 6) is -0.00704. The van der Waals surface area contributed by atoms with E-state index in [-0.39, 0.29) is 17.4 Å². The SMILES string of the molecule is C/C=C/C(Cc1ccccc1)C[N+](=O)[O-]. The molecule has 15 heavy (non-hydrogen) atoms. The van der Waals surface area contributed by atoms with Crippen LogP contribution in [0.15, 0.2) is 42.5 Å². The van der Waals surface area contributed by atoms with E-state index in [0.717, 1.165) is 12.0 Å². The van der Waals surface area contributed by atoms with Crippen molar-refractivity contribution in [1.29, 1.82) is 0 Å². The number of allylic oxidation sites excluding steroid dienone is 1. The Morgan fingerprint density at radius 3 is 2.60 bits per heavy atom. The van der Waals surface area contributed by atoms with Crippen LogP contribution in [0.5, 0.6) is 0 Å². The molecule has 0 aliphatic heterocycles. The predicted molar refractivity (Wildman–Crippen MR) is 60.3 cm³/mol. The minimum Gasteiger partial charge on any atom is -0.265 e. The summed E-state index contributed by atoms with van der Waals surface area (Å²) in [5, 5.41) is 10.4. The third kappa shape index (κ3) is 4.40. The van der Waals surface area contributed by atoms with Crippen molar-refractivity contribution in [3.63, 3.8) is 0 Å². The number of nitro groups is 1. The van der Waals surface area contributed by atoms with Gasteiger partial charge in [0.2, 0.25) is 6.54 Å². The molecule has 0 aromatic heterocycles. The number of benzene rings is 1. The predicted octanol–water partition coefficient (Wildman–Crippen LogP) is 2.70. The van der Waals surface area contributed by atoms with Gasteiger partial charge in [0.25, 0.3) is 0 Å². The number of hydrogen-bond donors (Lipinski definition) is 0. The van der Waals surface area contributed by atoms with Crippen LogP contribution in [0.2, 0.25) is 0 Å². The molecule has 0 spiro atoms. The van der Waals surface area contributed by atoms with Crippen molar-refractivity contribution in [2.24, 2.45) is 5.92 Å². The lowest BCUT2D eigenvalue weighted by Gasteiger charge is -2.07. The lowest BCUT2D eigenvalue weighted by atomic mass is 9.99. The Morgan fingerprint density at radius 1 is 1.40 bits per heavy atom. The average molecular weight is 205 g/mol. The maximum absolute atomic E-state index is 10.4. The van der Waals surface area contributed by atoms with E-state index in [2.05, 4.69) is 0 Å². The summed E-state index contributed by atoms with van der Waals surface area (Å²) in [5.41, 5.74) is 1.14. The average Bonchev–Trinajstić information content (AvgIpc) is 2.18. The zero-order chi connectivity index (χ0) is 11.1. The van der Waals surface area contributed by atoms with Crippen LogP contribution in [0.25, 0.3) is 0 Å². The summed E-state index contributed by atoms with van der Waals surface area (Å²) in [7, 11) is 0. The van der Waals surface area contributed by atoms with Gasteiger partial charge in [-0.1, -0.05) is 42.5 Å². The fourth-order valence-corrected chi connectivity index (χ4v) is 1.57. The molecule has 1 aromatic rings. The first-order valence-electron chi connectivity index (χ1n) is 5.01. The Bertz CT molecular complexity index is 333. The molecule has 0 fully saturated rings. The van der Waals surface area contributed by atoms with Gasteiger partial charge < -0.3 is 0 Å². The lowest BCUT2D eigenvalue weighted by Crippen LogP contribution is -2.14. The van der Waals surface area contributed by atoms with Crippen molar-refractivity contribution in [3.8, 4) is 0 Å². The molecular formula is C12H15NO2. The molecule has 80 valence electrons. The molecule has 3 heteroatoms. The van der Waals surface area contributed by atoms with Crippen LogP contribution in [0, 0.1) is 16.0 Å². The summed E-state index contributed by atoms with van der Waals surface area (Å²) in [4.78, 5) is 10.2. The molecule has 0 amide bonds. The van der Waals surface area contributed by atoms with E-state index in [1.165, 1.54) is 0 Å². The van der Waals surface area contributed by atoms with Gasteiger partial charge in [0, 0.05) is 10.8 Å². The quantitative estimate of drug-likeness (QED) is 0.421. The molecule has 3 nitrogen and oxygen atoms in total. The zero-order valence-corrected chi connectivity index (χ0v) is 8.80. The molecule has 1 rings (SSSR count). The summed E-state index contributed by atoms with van der Waals surface area (Å²) in [6.45, 7) is 1.89. The van der Waals surface area contributed by atoms with Gasteiger partial charge in [-0.05, 0) is 18.9 Å². The molecule has 0 N–H and O–H groups in total. The largest absolute Gasteiger partial charge is 0.265 e. The second-order valence-electron chi connectivity index (χ2n) is 3.49. The Balaban J connectivity index is 2.62. The Hall–Kier alpha value is -1.64. The minimum atomic E-state index is -0.256. The molecule has 1 atom stereocenters. The van der Waals surface area contributed by atoms with Gasteiger partial charge in [-0.2, -0.15) is 0 Å². The molecule has 0 aliphatic rings. The number of nitrogens with zero attached hydrogens (tertiary/aromatic N) is 1. The molecular weight excluding hydrogens is 190 g/mol. The number of hydrogen-bond acceptors (Lipinski definition) is 2. The monoisotopic (exact) mass is 205 g/mol. The Labute approximate surface area is 89.6 Å². The molecule has 0 radical (unpaired) electrons. The second-order valence-corrected chi connectivity index (χ2v) is 3.49. The Kier molecular flexibility index (Phi) is 4.54. The summed E-state index contributed by atoms with van der Waals surface area (Å²) in [6, 6.07) is 9.84. The van der Waals surface area contributed by atoms with Crippen LogP contribution < -0.4 is 0 Å². The van der Waals surface area contributed by atoms with Gasteiger partial charge in [-0.25, -0.2) is 0 Å². The van der Waals surface area contributed by atoms with E-state index in [0.29, 0.717) is 0 Å². The van der Waals surface area contributed by atoms with Crippen LogP contribution in [-0.2, 0) is 6.42 Å². The highest BCUT2D eigenvalue weighted by atomic mass is 16.6. The fraction of sp³-hybridized carbons (Fsp3) is 0.333. The van der Waals surface area contributed by atoms with Crippen molar-refractivity contribution >= 4 is 0 Å². The van der Waals surface area contributed by atoms with Crippen molar-refractivity contribution in [2.45, 2.75) is 13.3 Å². The molecule has 0 saturated heterocycles. The van der Waals surface area contributed by atoms with E-state index in [1.807, 2.05) is 49.4 Å². The van der Waals surface area contributed by atoms with Crippen LogP contribution >= 0.6 is 0 Å². The molecule has 1 aromatic carbocycles. The van der Waals surface area contributed by atoms with Gasteiger partial charge in [0.1, 0.15) is 0 Å². The summed E-state index contributed by atoms with van der Waals surface area (Å²) >= 11 is 0. The van der Waals surface area contributed by atoms with E-state index in [9.17, 15) is 10.1 Å². The highest BCUT2D eigenvalue weighted by molar-refractivity contribution is 5.16. The first-order valence-corrected chi connectivity index (χ1v) is 5.01. The molecule has 0 aliphatic carbocycles. The fourth-order valence-electron chi connectivity index (χ4n) is 1.57. The minimum absolute atomic E-state index is 0.000760. The van der Waals surface area contributed by atoms with Crippen molar-refractivity contribution in [2.75, 3.05) is 6.54 Å². The van der Waals surface area contributed by atoms with Crippen LogP contribution in [0.1, 0.15) is 12.5 Å². The van der Waals surface area contributed by atoms with Crippen LogP contribution in [0.4, 0.5) is 0 Å². The van der Waals surface area contributed by atoms with Crippen molar-refractivity contribution in [3.05, 3.63) is 58.2 Å². The highest BCUT2D eigenvalue weighted by Gasteiger charge is 2.12. The second kappa shape index (κ2) is 5.96. The van der Waals surface area contributed by atoms with E-state index < -0.39 is 0 Å². The van der Waals surface area contributed by atoms with Gasteiger partial charge in [-0.15, -0.1) is 0 Å². The van der Waals surface area contributed by atoms with Crippen molar-refractivity contribution in [1.82, 2.24) is 0 Å². The highest BCUT2D eigenvalue weighted by Crippen LogP contribution is 2.10. The zero-order valence-electron chi connectivity index (χ0n) is 8.80. The van der Waals surface area contributed by atoms with Crippen LogP contribution in [0.3, 0.4) is 0 Å². The van der Waals surface area contributed by atoms with E-state index >= 15 is 0 Å². The maximum atomic E-state index is 10.4. The van der Waals surface area contributed by atoms with Gasteiger partial charge >= 0.3 is 0 Å². The molecule has 1 unspecified atom stereocenters. The first-order chi connectivity index (χ1) is 7.22. The topological polar surface area (TPSA) is 43.1 Å². The first kappa shape index (κ1) is 11.4. The molecule has 0 bridgehead atoms. The normalized spacial score (nSPS) is 12.9.